The van der Waals surface area contributed by atoms with Gasteiger partial charge in [0.2, 0.25) is 5.78 Å². The van der Waals surface area contributed by atoms with E-state index in [1.54, 1.807) is 12.1 Å². The number of ketones is 1. The number of nitro benzene ring substituents is 1. The van der Waals surface area contributed by atoms with Crippen LogP contribution >= 0.6 is 0 Å². The number of carbonyl (C=O) groups is 2. The first-order valence-electron chi connectivity index (χ1n) is 10.8. The minimum absolute atomic E-state index is 0.161. The molecule has 9 heteroatoms. The number of fused-ring (bicyclic) bond motifs is 1. The monoisotopic (exact) mass is 464 g/mol. The van der Waals surface area contributed by atoms with Crippen LogP contribution in [0.2, 0.25) is 0 Å². The molecule has 1 unspecified atom stereocenters. The second-order valence-corrected chi connectivity index (χ2v) is 8.04. The number of nitro groups is 1. The fourth-order valence-corrected chi connectivity index (χ4v) is 3.99. The Morgan fingerprint density at radius 2 is 1.82 bits per heavy atom. The Balaban J connectivity index is 1.38. The summed E-state index contributed by atoms with van der Waals surface area (Å²) >= 11 is 0. The van der Waals surface area contributed by atoms with Gasteiger partial charge >= 0.3 is 5.97 Å². The molecule has 2 heterocycles. The lowest BCUT2D eigenvalue weighted by Crippen LogP contribution is -2.33. The van der Waals surface area contributed by atoms with Crippen LogP contribution in [0.5, 0.6) is 11.5 Å². The highest BCUT2D eigenvalue weighted by atomic mass is 16.6. The van der Waals surface area contributed by atoms with E-state index in [1.807, 2.05) is 42.7 Å². The number of aromatic nitrogens is 1. The predicted molar refractivity (Wildman–Crippen MR) is 122 cm³/mol. The van der Waals surface area contributed by atoms with Crippen molar-refractivity contribution in [3.8, 4) is 11.5 Å². The molecule has 0 fully saturated rings. The zero-order valence-corrected chi connectivity index (χ0v) is 18.9. The molecule has 9 nitrogen and oxygen atoms in total. The van der Waals surface area contributed by atoms with Crippen molar-refractivity contribution in [3.05, 3.63) is 87.2 Å². The number of rotatable bonds is 8. The smallest absolute Gasteiger partial charge is 0.310 e. The molecule has 0 bridgehead atoms. The summed E-state index contributed by atoms with van der Waals surface area (Å²) in [5.41, 5.74) is 2.13. The SMILES string of the molecule is Cc1cc(C(=O)COC(=O)Cc2ccccc2[N+](=O)[O-])c(C)n1CC1COc2ccccc2O1. The van der Waals surface area contributed by atoms with E-state index >= 15 is 0 Å². The number of hydrogen-bond acceptors (Lipinski definition) is 7. The van der Waals surface area contributed by atoms with Gasteiger partial charge < -0.3 is 18.8 Å². The van der Waals surface area contributed by atoms with Crippen LogP contribution < -0.4 is 9.47 Å². The maximum absolute atomic E-state index is 12.8. The third-order valence-electron chi connectivity index (χ3n) is 5.72. The first-order valence-corrected chi connectivity index (χ1v) is 10.8. The van der Waals surface area contributed by atoms with Gasteiger partial charge in [-0.05, 0) is 32.0 Å². The number of para-hydroxylation sites is 3. The molecule has 176 valence electrons. The molecule has 1 aliphatic heterocycles. The molecule has 0 saturated heterocycles. The van der Waals surface area contributed by atoms with Crippen molar-refractivity contribution in [3.63, 3.8) is 0 Å². The van der Waals surface area contributed by atoms with Gasteiger partial charge in [0.05, 0.1) is 17.9 Å². The minimum Gasteiger partial charge on any atom is -0.486 e. The number of Topliss-reactive ketones (excluding diaryl/α,β-unsaturated/α-hetero) is 1. The van der Waals surface area contributed by atoms with Crippen LogP contribution in [0.15, 0.2) is 54.6 Å². The summed E-state index contributed by atoms with van der Waals surface area (Å²) in [5, 5.41) is 11.1. The topological polar surface area (TPSA) is 110 Å². The third-order valence-corrected chi connectivity index (χ3v) is 5.72. The van der Waals surface area contributed by atoms with E-state index in [0.717, 1.165) is 11.4 Å². The van der Waals surface area contributed by atoms with Crippen molar-refractivity contribution in [1.82, 2.24) is 4.57 Å². The molecule has 1 aliphatic rings. The Morgan fingerprint density at radius 1 is 1.12 bits per heavy atom. The van der Waals surface area contributed by atoms with E-state index in [0.29, 0.717) is 30.2 Å². The molecule has 0 radical (unpaired) electrons. The summed E-state index contributed by atoms with van der Waals surface area (Å²) in [6.45, 7) is 4.16. The molecule has 0 N–H and O–H groups in total. The Kier molecular flexibility index (Phi) is 6.62. The van der Waals surface area contributed by atoms with E-state index in [1.165, 1.54) is 18.2 Å². The zero-order chi connectivity index (χ0) is 24.2. The molecule has 0 spiro atoms. The number of aryl methyl sites for hydroxylation is 1. The van der Waals surface area contributed by atoms with Crippen LogP contribution in [-0.4, -0.2) is 40.6 Å². The lowest BCUT2D eigenvalue weighted by molar-refractivity contribution is -0.385. The highest BCUT2D eigenvalue weighted by Gasteiger charge is 2.24. The normalized spacial score (nSPS) is 14.5. The van der Waals surface area contributed by atoms with Gasteiger partial charge in [-0.2, -0.15) is 0 Å². The Bertz CT molecular complexity index is 1250. The number of ether oxygens (including phenoxy) is 3. The van der Waals surface area contributed by atoms with Gasteiger partial charge in [0.25, 0.3) is 5.69 Å². The Labute approximate surface area is 196 Å². The van der Waals surface area contributed by atoms with Gasteiger partial charge in [0.1, 0.15) is 6.61 Å². The third kappa shape index (κ3) is 4.93. The van der Waals surface area contributed by atoms with Gasteiger partial charge in [0.15, 0.2) is 24.2 Å². The summed E-state index contributed by atoms with van der Waals surface area (Å²) in [6, 6.07) is 15.2. The van der Waals surface area contributed by atoms with E-state index in [2.05, 4.69) is 0 Å². The largest absolute Gasteiger partial charge is 0.486 e. The van der Waals surface area contributed by atoms with E-state index in [9.17, 15) is 19.7 Å². The fraction of sp³-hybridized carbons (Fsp3) is 0.280. The summed E-state index contributed by atoms with van der Waals surface area (Å²) in [6.07, 6.45) is -0.508. The molecule has 1 atom stereocenters. The van der Waals surface area contributed by atoms with Gasteiger partial charge in [-0.1, -0.05) is 30.3 Å². The standard InChI is InChI=1S/C25H24N2O7/c1-16-11-20(17(2)26(16)13-19-14-32-23-9-5-6-10-24(23)34-19)22(28)15-33-25(29)12-18-7-3-4-8-21(18)27(30)31/h3-11,19H,12-15H2,1-2H3. The van der Waals surface area contributed by atoms with Crippen molar-refractivity contribution in [2.24, 2.45) is 0 Å². The second-order valence-electron chi connectivity index (χ2n) is 8.04. The first kappa shape index (κ1) is 23.0. The second kappa shape index (κ2) is 9.78. The molecule has 0 amide bonds. The molecule has 0 saturated carbocycles. The summed E-state index contributed by atoms with van der Waals surface area (Å²) in [4.78, 5) is 35.5. The average molecular weight is 464 g/mol. The van der Waals surface area contributed by atoms with Crippen molar-refractivity contribution in [2.75, 3.05) is 13.2 Å². The highest BCUT2D eigenvalue weighted by molar-refractivity contribution is 5.99. The van der Waals surface area contributed by atoms with Crippen LogP contribution in [0.4, 0.5) is 5.69 Å². The van der Waals surface area contributed by atoms with E-state index in [-0.39, 0.29) is 29.6 Å². The molecule has 4 rings (SSSR count). The average Bonchev–Trinajstić information content (AvgIpc) is 3.11. The predicted octanol–water partition coefficient (Wildman–Crippen LogP) is 3.82. The minimum atomic E-state index is -0.706. The number of benzene rings is 2. The number of nitrogens with zero attached hydrogens (tertiary/aromatic N) is 2. The molecule has 2 aromatic carbocycles. The highest BCUT2D eigenvalue weighted by Crippen LogP contribution is 2.31. The van der Waals surface area contributed by atoms with Crippen LogP contribution in [0.3, 0.4) is 0 Å². The lowest BCUT2D eigenvalue weighted by atomic mass is 10.1. The van der Waals surface area contributed by atoms with Crippen LogP contribution in [0.1, 0.15) is 27.3 Å². The van der Waals surface area contributed by atoms with Crippen LogP contribution in [0.25, 0.3) is 0 Å². The van der Waals surface area contributed by atoms with Crippen LogP contribution in [-0.2, 0) is 22.5 Å². The van der Waals surface area contributed by atoms with Crippen molar-refractivity contribution < 1.29 is 28.7 Å². The zero-order valence-electron chi connectivity index (χ0n) is 18.9. The summed E-state index contributed by atoms with van der Waals surface area (Å²) in [7, 11) is 0. The van der Waals surface area contributed by atoms with Gasteiger partial charge in [-0.25, -0.2) is 0 Å². The molecule has 34 heavy (non-hydrogen) atoms. The summed E-state index contributed by atoms with van der Waals surface area (Å²) in [5.74, 6) is 0.339. The Hall–Kier alpha value is -4.14. The first-order chi connectivity index (χ1) is 16.3. The van der Waals surface area contributed by atoms with Crippen molar-refractivity contribution >= 4 is 17.4 Å². The van der Waals surface area contributed by atoms with Crippen molar-refractivity contribution in [1.29, 1.82) is 0 Å². The van der Waals surface area contributed by atoms with Gasteiger partial charge in [-0.3, -0.25) is 19.7 Å². The van der Waals surface area contributed by atoms with Gasteiger partial charge in [-0.15, -0.1) is 0 Å². The van der Waals surface area contributed by atoms with Gasteiger partial charge in [0, 0.05) is 28.6 Å². The Morgan fingerprint density at radius 3 is 2.59 bits per heavy atom. The maximum Gasteiger partial charge on any atom is 0.310 e. The molecular formula is C25H24N2O7. The molecule has 0 aliphatic carbocycles. The van der Waals surface area contributed by atoms with E-state index in [4.69, 9.17) is 14.2 Å². The molecular weight excluding hydrogens is 440 g/mol. The quantitative estimate of drug-likeness (QED) is 0.216. The van der Waals surface area contributed by atoms with E-state index < -0.39 is 17.5 Å². The summed E-state index contributed by atoms with van der Waals surface area (Å²) < 4.78 is 18.9. The molecule has 3 aromatic rings. The number of carbonyl (C=O) groups excluding carboxylic acids is 2. The number of hydrogen-bond donors (Lipinski definition) is 0. The van der Waals surface area contributed by atoms with Crippen LogP contribution in [0, 0.1) is 24.0 Å². The van der Waals surface area contributed by atoms with Crippen molar-refractivity contribution in [2.45, 2.75) is 32.9 Å². The lowest BCUT2D eigenvalue weighted by Gasteiger charge is -2.27. The number of esters is 1. The fourth-order valence-electron chi connectivity index (χ4n) is 3.99. The molecule has 1 aromatic heterocycles. The maximum atomic E-state index is 12.8.